The molecule has 1 aliphatic heterocycles. The van der Waals surface area contributed by atoms with Crippen LogP contribution in [0.3, 0.4) is 0 Å². The Morgan fingerprint density at radius 1 is 1.53 bits per heavy atom. The van der Waals surface area contributed by atoms with Crippen molar-refractivity contribution in [1.82, 2.24) is 10.3 Å². The highest BCUT2D eigenvalue weighted by Gasteiger charge is 2.28. The van der Waals surface area contributed by atoms with Crippen LogP contribution in [0, 0.1) is 0 Å². The molecule has 1 fully saturated rings. The molecule has 1 aliphatic rings. The summed E-state index contributed by atoms with van der Waals surface area (Å²) >= 11 is 0. The number of aliphatic hydroxyl groups is 1. The molecule has 2 unspecified atom stereocenters. The molecular weight excluding hydrogens is 194 g/mol. The summed E-state index contributed by atoms with van der Waals surface area (Å²) in [6.45, 7) is 5.26. The average molecular weight is 215 g/mol. The van der Waals surface area contributed by atoms with E-state index in [0.29, 0.717) is 6.42 Å². The summed E-state index contributed by atoms with van der Waals surface area (Å²) in [6.07, 6.45) is 2.41. The number of nitrogens with zero attached hydrogens (tertiary/aromatic N) is 1. The third-order valence-electron chi connectivity index (χ3n) is 3.17. The molecule has 0 spiro atoms. The fourth-order valence-corrected chi connectivity index (χ4v) is 1.96. The number of hydrogen-bond acceptors (Lipinski definition) is 4. The minimum atomic E-state index is -0.590. The second kappa shape index (κ2) is 4.92. The molecule has 0 aliphatic carbocycles. The molecule has 15 heavy (non-hydrogen) atoms. The molecule has 0 aromatic carbocycles. The van der Waals surface area contributed by atoms with Crippen molar-refractivity contribution in [2.24, 2.45) is 5.84 Å². The zero-order valence-corrected chi connectivity index (χ0v) is 9.49. The van der Waals surface area contributed by atoms with E-state index in [1.807, 2.05) is 13.8 Å². The number of nitrogens with two attached hydrogens (primary N) is 1. The molecule has 0 bridgehead atoms. The van der Waals surface area contributed by atoms with Gasteiger partial charge in [-0.15, -0.1) is 0 Å². The van der Waals surface area contributed by atoms with Gasteiger partial charge in [-0.3, -0.25) is 15.1 Å². The maximum atomic E-state index is 11.3. The highest BCUT2D eigenvalue weighted by Crippen LogP contribution is 2.22. The van der Waals surface area contributed by atoms with Crippen molar-refractivity contribution in [3.63, 3.8) is 0 Å². The van der Waals surface area contributed by atoms with Gasteiger partial charge in [-0.25, -0.2) is 5.84 Å². The molecule has 1 amide bonds. The number of likely N-dealkylation sites (tertiary alicyclic amines) is 1. The molecule has 1 saturated heterocycles. The predicted octanol–water partition coefficient (Wildman–Crippen LogP) is -0.398. The Kier molecular flexibility index (Phi) is 4.07. The maximum absolute atomic E-state index is 11.3. The molecular formula is C10H21N3O2. The minimum absolute atomic E-state index is 0.170. The summed E-state index contributed by atoms with van der Waals surface area (Å²) in [5.41, 5.74) is 1.57. The van der Waals surface area contributed by atoms with Crippen molar-refractivity contribution < 1.29 is 9.90 Å². The lowest BCUT2D eigenvalue weighted by Gasteiger charge is -2.26. The van der Waals surface area contributed by atoms with Crippen molar-refractivity contribution in [2.45, 2.75) is 44.8 Å². The Balaban J connectivity index is 2.54. The van der Waals surface area contributed by atoms with Gasteiger partial charge in [0.25, 0.3) is 5.91 Å². The average Bonchev–Trinajstić information content (AvgIpc) is 2.37. The highest BCUT2D eigenvalue weighted by atomic mass is 16.3. The molecule has 2 atom stereocenters. The van der Waals surface area contributed by atoms with Crippen molar-refractivity contribution in [3.8, 4) is 0 Å². The summed E-state index contributed by atoms with van der Waals surface area (Å²) in [5.74, 6) is 4.93. The molecule has 88 valence electrons. The van der Waals surface area contributed by atoms with Crippen molar-refractivity contribution in [2.75, 3.05) is 13.1 Å². The quantitative estimate of drug-likeness (QED) is 0.333. The largest absolute Gasteiger partial charge is 0.390 e. The summed E-state index contributed by atoms with van der Waals surface area (Å²) in [5, 5.41) is 9.90. The van der Waals surface area contributed by atoms with E-state index in [2.05, 4.69) is 10.3 Å². The van der Waals surface area contributed by atoms with Gasteiger partial charge in [-0.05, 0) is 39.7 Å². The van der Waals surface area contributed by atoms with Crippen molar-refractivity contribution >= 4 is 5.91 Å². The molecule has 4 N–H and O–H groups in total. The zero-order chi connectivity index (χ0) is 11.5. The number of carbonyl (C=O) groups is 1. The maximum Gasteiger partial charge on any atom is 0.250 e. The molecule has 5 nitrogen and oxygen atoms in total. The van der Waals surface area contributed by atoms with E-state index in [0.717, 1.165) is 25.9 Å². The molecule has 0 aromatic heterocycles. The van der Waals surface area contributed by atoms with Crippen LogP contribution in [-0.4, -0.2) is 40.6 Å². The Hall–Kier alpha value is -0.650. The van der Waals surface area contributed by atoms with Crippen LogP contribution in [0.15, 0.2) is 0 Å². The summed E-state index contributed by atoms with van der Waals surface area (Å²) in [7, 11) is 0. The predicted molar refractivity (Wildman–Crippen MR) is 57.8 cm³/mol. The van der Waals surface area contributed by atoms with Gasteiger partial charge < -0.3 is 5.11 Å². The van der Waals surface area contributed by atoms with E-state index < -0.39 is 5.60 Å². The third-order valence-corrected chi connectivity index (χ3v) is 3.17. The fraction of sp³-hybridized carbons (Fsp3) is 0.900. The number of amides is 1. The van der Waals surface area contributed by atoms with Crippen LogP contribution in [0.4, 0.5) is 0 Å². The van der Waals surface area contributed by atoms with Crippen LogP contribution < -0.4 is 11.3 Å². The van der Waals surface area contributed by atoms with Crippen LogP contribution in [0.1, 0.15) is 33.1 Å². The van der Waals surface area contributed by atoms with Gasteiger partial charge in [0.15, 0.2) is 0 Å². The number of hydrogen-bond donors (Lipinski definition) is 3. The lowest BCUT2D eigenvalue weighted by atomic mass is 9.98. The molecule has 1 heterocycles. The monoisotopic (exact) mass is 215 g/mol. The highest BCUT2D eigenvalue weighted by molar-refractivity contribution is 5.80. The molecule has 0 radical (unpaired) electrons. The fourth-order valence-electron chi connectivity index (χ4n) is 1.96. The first kappa shape index (κ1) is 12.4. The third kappa shape index (κ3) is 3.44. The Morgan fingerprint density at radius 3 is 2.80 bits per heavy atom. The summed E-state index contributed by atoms with van der Waals surface area (Å²) in [6, 6.07) is -0.219. The van der Waals surface area contributed by atoms with Crippen LogP contribution in [0.2, 0.25) is 0 Å². The molecule has 1 rings (SSSR count). The van der Waals surface area contributed by atoms with E-state index in [-0.39, 0.29) is 11.9 Å². The first-order valence-corrected chi connectivity index (χ1v) is 5.43. The number of rotatable bonds is 2. The SMILES string of the molecule is CC(C(=O)NN)N1CCCC(C)(O)CC1. The van der Waals surface area contributed by atoms with Crippen LogP contribution in [0.25, 0.3) is 0 Å². The minimum Gasteiger partial charge on any atom is -0.390 e. The van der Waals surface area contributed by atoms with Gasteiger partial charge in [-0.2, -0.15) is 0 Å². The first-order chi connectivity index (χ1) is 6.96. The van der Waals surface area contributed by atoms with Gasteiger partial charge in [-0.1, -0.05) is 0 Å². The molecule has 0 aromatic rings. The van der Waals surface area contributed by atoms with E-state index in [9.17, 15) is 9.90 Å². The van der Waals surface area contributed by atoms with Crippen LogP contribution >= 0.6 is 0 Å². The number of hydrazine groups is 1. The number of carbonyl (C=O) groups excluding carboxylic acids is 1. The van der Waals surface area contributed by atoms with Crippen LogP contribution in [-0.2, 0) is 4.79 Å². The van der Waals surface area contributed by atoms with E-state index in [1.54, 1.807) is 0 Å². The summed E-state index contributed by atoms with van der Waals surface area (Å²) in [4.78, 5) is 13.4. The van der Waals surface area contributed by atoms with Gasteiger partial charge in [0, 0.05) is 6.54 Å². The van der Waals surface area contributed by atoms with Crippen LogP contribution in [0.5, 0.6) is 0 Å². The topological polar surface area (TPSA) is 78.6 Å². The smallest absolute Gasteiger partial charge is 0.250 e. The molecule has 0 saturated carbocycles. The Bertz CT molecular complexity index is 231. The number of nitrogens with one attached hydrogen (secondary N) is 1. The Labute approximate surface area is 90.6 Å². The van der Waals surface area contributed by atoms with Gasteiger partial charge >= 0.3 is 0 Å². The van der Waals surface area contributed by atoms with Gasteiger partial charge in [0.1, 0.15) is 0 Å². The second-order valence-electron chi connectivity index (χ2n) is 4.57. The van der Waals surface area contributed by atoms with Crippen molar-refractivity contribution in [1.29, 1.82) is 0 Å². The summed E-state index contributed by atoms with van der Waals surface area (Å²) < 4.78 is 0. The Morgan fingerprint density at radius 2 is 2.20 bits per heavy atom. The van der Waals surface area contributed by atoms with Gasteiger partial charge in [0.05, 0.1) is 11.6 Å². The van der Waals surface area contributed by atoms with E-state index in [4.69, 9.17) is 5.84 Å². The van der Waals surface area contributed by atoms with E-state index in [1.165, 1.54) is 0 Å². The molecule has 5 heteroatoms. The standard InChI is InChI=1S/C10H21N3O2/c1-8(9(14)12-11)13-6-3-4-10(2,15)5-7-13/h8,15H,3-7,11H2,1-2H3,(H,12,14). The van der Waals surface area contributed by atoms with Gasteiger partial charge in [0.2, 0.25) is 0 Å². The lowest BCUT2D eigenvalue weighted by Crippen LogP contribution is -2.48. The second-order valence-corrected chi connectivity index (χ2v) is 4.57. The normalized spacial score (nSPS) is 30.7. The lowest BCUT2D eigenvalue weighted by molar-refractivity contribution is -0.126. The zero-order valence-electron chi connectivity index (χ0n) is 9.49. The van der Waals surface area contributed by atoms with E-state index >= 15 is 0 Å². The first-order valence-electron chi connectivity index (χ1n) is 5.43. The van der Waals surface area contributed by atoms with Crippen molar-refractivity contribution in [3.05, 3.63) is 0 Å².